The van der Waals surface area contributed by atoms with E-state index >= 15 is 0 Å². The number of aryl methyl sites for hydroxylation is 1. The first-order valence-electron chi connectivity index (χ1n) is 11.2. The molecule has 2 fully saturated rings. The van der Waals surface area contributed by atoms with Crippen molar-refractivity contribution in [1.82, 2.24) is 19.3 Å². The van der Waals surface area contributed by atoms with Gasteiger partial charge in [-0.25, -0.2) is 14.4 Å². The molecule has 2 aliphatic rings. The Morgan fingerprint density at radius 3 is 2.56 bits per heavy atom. The second-order valence-corrected chi connectivity index (χ2v) is 9.40. The van der Waals surface area contributed by atoms with Gasteiger partial charge in [0.1, 0.15) is 17.3 Å². The van der Waals surface area contributed by atoms with Crippen LogP contribution in [0.3, 0.4) is 0 Å². The molecule has 0 bridgehead atoms. The molecule has 10 heteroatoms. The first-order chi connectivity index (χ1) is 16.3. The van der Waals surface area contributed by atoms with Gasteiger partial charge in [-0.2, -0.15) is 0 Å². The highest BCUT2D eigenvalue weighted by Crippen LogP contribution is 2.40. The van der Waals surface area contributed by atoms with Gasteiger partial charge in [-0.1, -0.05) is 11.6 Å². The highest BCUT2D eigenvalue weighted by Gasteiger charge is 2.45. The number of carbonyl (C=O) groups excluding carboxylic acids is 1. The molecule has 7 nitrogen and oxygen atoms in total. The van der Waals surface area contributed by atoms with Crippen molar-refractivity contribution < 1.29 is 13.6 Å². The van der Waals surface area contributed by atoms with Crippen LogP contribution in [0.5, 0.6) is 0 Å². The quantitative estimate of drug-likeness (QED) is 0.564. The fraction of sp³-hybridized carbons (Fsp3) is 0.417. The van der Waals surface area contributed by atoms with Crippen LogP contribution < -0.4 is 10.5 Å². The molecule has 1 saturated heterocycles. The third-order valence-electron chi connectivity index (χ3n) is 6.81. The third-order valence-corrected chi connectivity index (χ3v) is 7.04. The number of rotatable bonds is 4. The van der Waals surface area contributed by atoms with Crippen LogP contribution in [0.2, 0.25) is 5.02 Å². The monoisotopic (exact) mass is 487 g/mol. The number of hydrogen-bond donors (Lipinski definition) is 0. The fourth-order valence-corrected chi connectivity index (χ4v) is 4.61. The normalized spacial score (nSPS) is 20.1. The second kappa shape index (κ2) is 8.61. The van der Waals surface area contributed by atoms with Crippen LogP contribution in [-0.2, 0) is 4.79 Å². The van der Waals surface area contributed by atoms with Gasteiger partial charge in [0.15, 0.2) is 5.65 Å². The zero-order chi connectivity index (χ0) is 24.1. The Bertz CT molecular complexity index is 1350. The molecular formula is C24H24ClF2N5O2. The van der Waals surface area contributed by atoms with Crippen LogP contribution in [0.4, 0.5) is 14.6 Å². The number of piperazine rings is 1. The maximum absolute atomic E-state index is 14.9. The van der Waals surface area contributed by atoms with Crippen molar-refractivity contribution in [1.29, 1.82) is 0 Å². The average molecular weight is 488 g/mol. The van der Waals surface area contributed by atoms with Gasteiger partial charge in [-0.3, -0.25) is 18.4 Å². The Labute approximate surface area is 200 Å². The highest BCUT2D eigenvalue weighted by atomic mass is 35.5. The molecule has 0 spiro atoms. The standard InChI is InChI=1S/C24H24ClF2N5O2/c1-13-14(2)28-22-21(17-4-3-16(25)10-19(17)27)29-20(12-32(22)23(13)33)30-5-7-31(8-6-30)24(34)18-9-15(18)11-26/h3-4,10,12,15,18H,5-9,11H2,1-2H3/t15-,18-/m1/s1. The van der Waals surface area contributed by atoms with Crippen molar-refractivity contribution in [2.75, 3.05) is 37.8 Å². The smallest absolute Gasteiger partial charge is 0.261 e. The van der Waals surface area contributed by atoms with Gasteiger partial charge >= 0.3 is 0 Å². The molecule has 1 aliphatic heterocycles. The fourth-order valence-electron chi connectivity index (χ4n) is 4.45. The molecular weight excluding hydrogens is 464 g/mol. The number of nitrogens with zero attached hydrogens (tertiary/aromatic N) is 5. The number of carbonyl (C=O) groups is 1. The first kappa shape index (κ1) is 22.7. The molecule has 0 N–H and O–H groups in total. The van der Waals surface area contributed by atoms with Crippen LogP contribution >= 0.6 is 11.6 Å². The molecule has 178 valence electrons. The molecule has 0 radical (unpaired) electrons. The summed E-state index contributed by atoms with van der Waals surface area (Å²) in [7, 11) is 0. The van der Waals surface area contributed by atoms with E-state index in [1.54, 1.807) is 31.0 Å². The Morgan fingerprint density at radius 1 is 1.18 bits per heavy atom. The molecule has 1 amide bonds. The zero-order valence-electron chi connectivity index (χ0n) is 18.9. The minimum Gasteiger partial charge on any atom is -0.352 e. The SMILES string of the molecule is Cc1nc2c(-c3ccc(Cl)cc3F)nc(N3CCN(C(=O)[C@@H]4C[C@@H]4CF)CC3)cn2c(=O)c1C. The Kier molecular flexibility index (Phi) is 5.75. The molecule has 0 unspecified atom stereocenters. The lowest BCUT2D eigenvalue weighted by Crippen LogP contribution is -2.49. The zero-order valence-corrected chi connectivity index (χ0v) is 19.6. The van der Waals surface area contributed by atoms with Crippen molar-refractivity contribution in [2.45, 2.75) is 20.3 Å². The van der Waals surface area contributed by atoms with E-state index in [0.717, 1.165) is 0 Å². The molecule has 34 heavy (non-hydrogen) atoms. The third kappa shape index (κ3) is 3.91. The summed E-state index contributed by atoms with van der Waals surface area (Å²) in [6.45, 7) is 4.91. The molecule has 3 heterocycles. The number of fused-ring (bicyclic) bond motifs is 1. The van der Waals surface area contributed by atoms with Gasteiger partial charge in [-0.15, -0.1) is 0 Å². The Hall–Kier alpha value is -3.07. The van der Waals surface area contributed by atoms with E-state index in [9.17, 15) is 18.4 Å². The molecule has 1 saturated carbocycles. The van der Waals surface area contributed by atoms with Crippen LogP contribution in [-0.4, -0.2) is 58.0 Å². The van der Waals surface area contributed by atoms with E-state index < -0.39 is 12.5 Å². The number of amides is 1. The lowest BCUT2D eigenvalue weighted by atomic mass is 10.1. The Morgan fingerprint density at radius 2 is 1.91 bits per heavy atom. The number of hydrogen-bond acceptors (Lipinski definition) is 5. The van der Waals surface area contributed by atoms with Gasteiger partial charge in [0.05, 0.1) is 12.9 Å². The summed E-state index contributed by atoms with van der Waals surface area (Å²) >= 11 is 5.94. The van der Waals surface area contributed by atoms with Gasteiger partial charge in [0.25, 0.3) is 5.56 Å². The van der Waals surface area contributed by atoms with Gasteiger partial charge in [-0.05, 0) is 44.4 Å². The van der Waals surface area contributed by atoms with E-state index in [-0.39, 0.29) is 45.2 Å². The lowest BCUT2D eigenvalue weighted by molar-refractivity contribution is -0.133. The van der Waals surface area contributed by atoms with E-state index in [1.165, 1.54) is 16.5 Å². The second-order valence-electron chi connectivity index (χ2n) is 8.96. The predicted octanol–water partition coefficient (Wildman–Crippen LogP) is 3.42. The summed E-state index contributed by atoms with van der Waals surface area (Å²) in [5, 5.41) is 0.255. The molecule has 5 rings (SSSR count). The number of halogens is 3. The van der Waals surface area contributed by atoms with Crippen molar-refractivity contribution in [3.63, 3.8) is 0 Å². The maximum Gasteiger partial charge on any atom is 0.261 e. The average Bonchev–Trinajstić information content (AvgIpc) is 3.62. The van der Waals surface area contributed by atoms with Crippen molar-refractivity contribution in [2.24, 2.45) is 11.8 Å². The number of aromatic nitrogens is 3. The number of anilines is 1. The van der Waals surface area contributed by atoms with E-state index in [0.29, 0.717) is 49.7 Å². The summed E-state index contributed by atoms with van der Waals surface area (Å²) in [5.74, 6) is -0.413. The topological polar surface area (TPSA) is 70.8 Å². The summed E-state index contributed by atoms with van der Waals surface area (Å²) in [4.78, 5) is 38.6. The van der Waals surface area contributed by atoms with Gasteiger partial charge < -0.3 is 9.80 Å². The molecule has 1 aliphatic carbocycles. The number of alkyl halides is 1. The Balaban J connectivity index is 1.52. The van der Waals surface area contributed by atoms with Crippen molar-refractivity contribution in [3.05, 3.63) is 56.8 Å². The molecule has 2 aromatic heterocycles. The van der Waals surface area contributed by atoms with Gasteiger partial charge in [0, 0.05) is 53.9 Å². The molecule has 1 aromatic carbocycles. The summed E-state index contributed by atoms with van der Waals surface area (Å²) < 4.78 is 29.1. The largest absolute Gasteiger partial charge is 0.352 e. The summed E-state index contributed by atoms with van der Waals surface area (Å²) in [6.07, 6.45) is 2.23. The lowest BCUT2D eigenvalue weighted by Gasteiger charge is -2.35. The van der Waals surface area contributed by atoms with E-state index in [4.69, 9.17) is 16.6 Å². The highest BCUT2D eigenvalue weighted by molar-refractivity contribution is 6.30. The maximum atomic E-state index is 14.9. The van der Waals surface area contributed by atoms with E-state index in [2.05, 4.69) is 4.98 Å². The minimum atomic E-state index is -0.561. The van der Waals surface area contributed by atoms with Crippen molar-refractivity contribution in [3.8, 4) is 11.3 Å². The van der Waals surface area contributed by atoms with Gasteiger partial charge in [0.2, 0.25) is 5.91 Å². The number of benzene rings is 1. The van der Waals surface area contributed by atoms with E-state index in [1.807, 2.05) is 4.90 Å². The van der Waals surface area contributed by atoms with Crippen LogP contribution in [0.15, 0.2) is 29.2 Å². The van der Waals surface area contributed by atoms with Crippen LogP contribution in [0.1, 0.15) is 17.7 Å². The summed E-state index contributed by atoms with van der Waals surface area (Å²) in [6, 6.07) is 4.30. The molecule has 3 aromatic rings. The van der Waals surface area contributed by atoms with Crippen LogP contribution in [0, 0.1) is 31.5 Å². The van der Waals surface area contributed by atoms with Crippen molar-refractivity contribution >= 4 is 29.0 Å². The first-order valence-corrected chi connectivity index (χ1v) is 11.6. The van der Waals surface area contributed by atoms with Crippen LogP contribution in [0.25, 0.3) is 16.9 Å². The minimum absolute atomic E-state index is 0.00390. The predicted molar refractivity (Wildman–Crippen MR) is 126 cm³/mol. The molecule has 2 atom stereocenters. The summed E-state index contributed by atoms with van der Waals surface area (Å²) in [5.41, 5.74) is 1.50.